The van der Waals surface area contributed by atoms with Crippen molar-refractivity contribution in [2.75, 3.05) is 14.2 Å². The number of halogens is 5. The van der Waals surface area contributed by atoms with Gasteiger partial charge in [-0.2, -0.15) is 0 Å². The summed E-state index contributed by atoms with van der Waals surface area (Å²) >= 11 is 2.41. The van der Waals surface area contributed by atoms with Crippen LogP contribution in [-0.2, 0) is 0 Å². The molecule has 0 aliphatic heterocycles. The number of nitrogens with zero attached hydrogens (tertiary/aromatic N) is 3. The summed E-state index contributed by atoms with van der Waals surface area (Å²) in [4.78, 5) is 80.0. The van der Waals surface area contributed by atoms with E-state index in [-0.39, 0.29) is 47.6 Å². The lowest BCUT2D eigenvalue weighted by molar-refractivity contribution is 0.404. The zero-order valence-electron chi connectivity index (χ0n) is 54.5. The van der Waals surface area contributed by atoms with Gasteiger partial charge in [-0.1, -0.05) is 144 Å². The third kappa shape index (κ3) is 14.6. The van der Waals surface area contributed by atoms with Crippen LogP contribution >= 0.6 is 35.3 Å². The summed E-state index contributed by atoms with van der Waals surface area (Å²) < 4.78 is 99.2. The average molecular weight is 1470 g/mol. The monoisotopic (exact) mass is 1470 g/mol. The summed E-state index contributed by atoms with van der Waals surface area (Å²) in [5.41, 5.74) is -0.603. The Kier molecular flexibility index (Phi) is 20.4. The summed E-state index contributed by atoms with van der Waals surface area (Å²) in [7, 11) is 3.02. The molecule has 522 valence electrons. The molecule has 6 aromatic heterocycles. The lowest BCUT2D eigenvalue weighted by Gasteiger charge is -2.16. The van der Waals surface area contributed by atoms with E-state index < -0.39 is 84.8 Å². The highest BCUT2D eigenvalue weighted by Gasteiger charge is 2.27. The Balaban J connectivity index is 0.000000140. The summed E-state index contributed by atoms with van der Waals surface area (Å²) in [6, 6.07) is 64.0. The number of benzene rings is 9. The quantitative estimate of drug-likeness (QED) is 0.0858. The number of fused-ring (bicyclic) bond motifs is 3. The molecule has 0 radical (unpaired) electrons. The SMILES string of the molecule is COc1cccc(Sc2c(O)c3c(=O)n(-c4ccc(F)cc4)c(-c4ccccc4)cc3oc2=O)c1.COc1ccccc1Sc1c(O)c2c(=O)n(-c3ccc(F)cc3)c(-c3ccccc3)cc2oc1=O.O=c1oc2cc(-c3ccccc3)n(-c3ccc(F)cc3)c(=O)c2c(O)c1Sc1ccc(F)cc1F. The standard InChI is InChI=1S/2C27H18FNO5S.C26H14F3NO4S/c1-33-20-9-5-6-10-22(20)35-25-24(30)23-21(34-27(25)32)15-19(16-7-3-2-4-8-16)29(26(23)31)18-13-11-17(28)12-14-18;1-33-19-8-5-9-20(14-19)35-25-24(30)23-22(34-27(25)32)15-21(16-6-3-2-4-7-16)29(26(23)31)18-12-10-17(28)11-13-18;27-15-6-9-17(10-7-15)30-19(14-4-2-1-3-5-14)13-20-22(25(30)32)23(31)24(26(33)34-20)35-21-11-8-16(28)12-18(21)29/h2*2-15,30H,1H3;1-13,31H. The predicted octanol–water partition coefficient (Wildman–Crippen LogP) is 17.1. The highest BCUT2D eigenvalue weighted by Crippen LogP contribution is 2.43. The van der Waals surface area contributed by atoms with Gasteiger partial charge < -0.3 is 38.0 Å². The number of hydrogen-bond donors (Lipinski definition) is 3. The van der Waals surface area contributed by atoms with Crippen molar-refractivity contribution in [1.29, 1.82) is 0 Å². The Labute approximate surface area is 601 Å². The van der Waals surface area contributed by atoms with Crippen molar-refractivity contribution in [3.05, 3.63) is 340 Å². The number of ether oxygens (including phenoxy) is 2. The van der Waals surface area contributed by atoms with Crippen LogP contribution in [0.4, 0.5) is 22.0 Å². The first kappa shape index (κ1) is 70.6. The molecule has 0 fully saturated rings. The van der Waals surface area contributed by atoms with E-state index in [1.54, 1.807) is 127 Å². The fraction of sp³-hybridized carbons (Fsp3) is 0.0250. The second-order valence-corrected chi connectivity index (χ2v) is 25.9. The Morgan fingerprint density at radius 3 is 1.07 bits per heavy atom. The van der Waals surface area contributed by atoms with Crippen LogP contribution in [0.25, 0.3) is 83.7 Å². The molecule has 15 rings (SSSR count). The first-order valence-electron chi connectivity index (χ1n) is 31.3. The van der Waals surface area contributed by atoms with Gasteiger partial charge in [0.05, 0.1) is 36.2 Å². The molecule has 105 heavy (non-hydrogen) atoms. The lowest BCUT2D eigenvalue weighted by Crippen LogP contribution is -2.21. The van der Waals surface area contributed by atoms with E-state index in [0.717, 1.165) is 35.7 Å². The van der Waals surface area contributed by atoms with Crippen LogP contribution in [-0.4, -0.2) is 43.2 Å². The maximum atomic E-state index is 14.2. The summed E-state index contributed by atoms with van der Waals surface area (Å²) in [5.74, 6) is -3.76. The van der Waals surface area contributed by atoms with Crippen LogP contribution in [0.3, 0.4) is 0 Å². The van der Waals surface area contributed by atoms with Crippen LogP contribution in [0.5, 0.6) is 28.7 Å². The Morgan fingerprint density at radius 1 is 0.343 bits per heavy atom. The molecule has 15 aromatic rings. The number of rotatable bonds is 14. The van der Waals surface area contributed by atoms with Crippen molar-refractivity contribution >= 4 is 68.2 Å². The lowest BCUT2D eigenvalue weighted by atomic mass is 10.1. The zero-order valence-corrected chi connectivity index (χ0v) is 56.9. The summed E-state index contributed by atoms with van der Waals surface area (Å²) in [6.45, 7) is 0. The second kappa shape index (κ2) is 30.4. The van der Waals surface area contributed by atoms with Crippen molar-refractivity contribution in [1.82, 2.24) is 13.7 Å². The van der Waals surface area contributed by atoms with Gasteiger partial charge in [0.2, 0.25) is 0 Å². The normalized spacial score (nSPS) is 11.1. The maximum absolute atomic E-state index is 14.2. The first-order valence-corrected chi connectivity index (χ1v) is 33.8. The van der Waals surface area contributed by atoms with Crippen molar-refractivity contribution in [3.8, 4) is 79.6 Å². The molecule has 3 N–H and O–H groups in total. The van der Waals surface area contributed by atoms with E-state index in [1.165, 1.54) is 119 Å². The smallest absolute Gasteiger partial charge is 0.354 e. The van der Waals surface area contributed by atoms with E-state index >= 15 is 0 Å². The third-order valence-electron chi connectivity index (χ3n) is 16.1. The van der Waals surface area contributed by atoms with Gasteiger partial charge >= 0.3 is 16.9 Å². The molecule has 25 heteroatoms. The first-order chi connectivity index (χ1) is 50.8. The average Bonchev–Trinajstić information content (AvgIpc) is 0.756. The molecule has 0 aliphatic carbocycles. The van der Waals surface area contributed by atoms with Crippen molar-refractivity contribution in [3.63, 3.8) is 0 Å². The van der Waals surface area contributed by atoms with E-state index in [4.69, 9.17) is 22.7 Å². The van der Waals surface area contributed by atoms with Crippen LogP contribution in [0.1, 0.15) is 0 Å². The Hall–Kier alpha value is -12.8. The van der Waals surface area contributed by atoms with Gasteiger partial charge in [0.1, 0.15) is 88.2 Å². The van der Waals surface area contributed by atoms with E-state index in [1.807, 2.05) is 12.1 Å². The topological polar surface area (TPSA) is 236 Å². The minimum atomic E-state index is -0.998. The highest BCUT2D eigenvalue weighted by atomic mass is 32.2. The van der Waals surface area contributed by atoms with E-state index in [9.17, 15) is 66.0 Å². The largest absolute Gasteiger partial charge is 0.505 e. The molecule has 0 saturated carbocycles. The molecule has 9 aromatic carbocycles. The fourth-order valence-electron chi connectivity index (χ4n) is 11.3. The van der Waals surface area contributed by atoms with Gasteiger partial charge in [-0.3, -0.25) is 28.1 Å². The molecule has 0 atom stereocenters. The van der Waals surface area contributed by atoms with Gasteiger partial charge in [-0.15, -0.1) is 0 Å². The Morgan fingerprint density at radius 2 is 0.695 bits per heavy atom. The summed E-state index contributed by atoms with van der Waals surface area (Å²) in [6.07, 6.45) is 0. The van der Waals surface area contributed by atoms with Gasteiger partial charge in [-0.25, -0.2) is 36.3 Å². The van der Waals surface area contributed by atoms with Gasteiger partial charge in [0.15, 0.2) is 17.2 Å². The fourth-order valence-corrected chi connectivity index (χ4v) is 13.9. The molecule has 17 nitrogen and oxygen atoms in total. The number of para-hydroxylation sites is 1. The molecule has 0 amide bonds. The van der Waals surface area contributed by atoms with Gasteiger partial charge in [-0.05, 0) is 132 Å². The van der Waals surface area contributed by atoms with Crippen molar-refractivity contribution in [2.24, 2.45) is 0 Å². The van der Waals surface area contributed by atoms with E-state index in [0.29, 0.717) is 90.0 Å². The molecule has 0 bridgehead atoms. The molecule has 0 unspecified atom stereocenters. The third-order valence-corrected chi connectivity index (χ3v) is 19.4. The van der Waals surface area contributed by atoms with Gasteiger partial charge in [0, 0.05) is 51.1 Å². The second-order valence-electron chi connectivity index (χ2n) is 22.7. The number of aromatic nitrogens is 3. The predicted molar refractivity (Wildman–Crippen MR) is 390 cm³/mol. The van der Waals surface area contributed by atoms with Gasteiger partial charge in [0.25, 0.3) is 16.7 Å². The number of pyridine rings is 3. The number of methoxy groups -OCH3 is 2. The molecule has 0 spiro atoms. The number of aromatic hydroxyl groups is 3. The molecule has 0 aliphatic rings. The van der Waals surface area contributed by atoms with Crippen LogP contribution < -0.4 is 43.0 Å². The minimum Gasteiger partial charge on any atom is -0.505 e. The minimum absolute atomic E-state index is 0.0512. The van der Waals surface area contributed by atoms with Crippen molar-refractivity contribution in [2.45, 2.75) is 29.4 Å². The maximum Gasteiger partial charge on any atom is 0.354 e. The molecule has 0 saturated heterocycles. The van der Waals surface area contributed by atoms with Crippen LogP contribution in [0.15, 0.2) is 320 Å². The molecule has 6 heterocycles. The molecular weight excluding hydrogens is 1420 g/mol. The Bertz CT molecular complexity index is 6220. The summed E-state index contributed by atoms with van der Waals surface area (Å²) in [5, 5.41) is 32.5. The van der Waals surface area contributed by atoms with Crippen molar-refractivity contribution < 1.29 is 60.0 Å². The van der Waals surface area contributed by atoms with E-state index in [2.05, 4.69) is 0 Å². The molecular formula is C80H50F5N3O14S3. The van der Waals surface area contributed by atoms with Crippen LogP contribution in [0.2, 0.25) is 0 Å². The highest BCUT2D eigenvalue weighted by molar-refractivity contribution is 8.00. The zero-order chi connectivity index (χ0) is 73.7. The van der Waals surface area contributed by atoms with Crippen LogP contribution in [0, 0.1) is 29.1 Å². The number of hydrogen-bond acceptors (Lipinski definition) is 17.